The third-order valence-corrected chi connectivity index (χ3v) is 7.37. The van der Waals surface area contributed by atoms with Gasteiger partial charge in [-0.15, -0.1) is 0 Å². The summed E-state index contributed by atoms with van der Waals surface area (Å²) in [6.07, 6.45) is -0.512. The van der Waals surface area contributed by atoms with E-state index in [1.165, 1.54) is 27.8 Å². The smallest absolute Gasteiger partial charge is 0.325 e. The van der Waals surface area contributed by atoms with Crippen LogP contribution in [-0.4, -0.2) is 82.9 Å². The lowest BCUT2D eigenvalue weighted by atomic mass is 10.0. The summed E-state index contributed by atoms with van der Waals surface area (Å²) in [6.45, 7) is 11.3. The monoisotopic (exact) mass is 474 g/mol. The first-order valence-electron chi connectivity index (χ1n) is 12.3. The number of nitrogens with one attached hydrogen (secondary N) is 1. The maximum Gasteiger partial charge on any atom is 0.325 e. The van der Waals surface area contributed by atoms with E-state index in [0.29, 0.717) is 6.54 Å². The average molecular weight is 475 g/mol. The van der Waals surface area contributed by atoms with E-state index in [1.54, 1.807) is 11.9 Å². The molecule has 0 aromatic heterocycles. The van der Waals surface area contributed by atoms with Crippen LogP contribution >= 0.6 is 0 Å². The summed E-state index contributed by atoms with van der Waals surface area (Å²) in [5.41, 5.74) is 6.13. The van der Waals surface area contributed by atoms with Gasteiger partial charge < -0.3 is 14.7 Å². The Bertz CT molecular complexity index is 1150. The third-order valence-electron chi connectivity index (χ3n) is 7.37. The van der Waals surface area contributed by atoms with Gasteiger partial charge in [0.15, 0.2) is 18.2 Å². The number of rotatable bonds is 4. The van der Waals surface area contributed by atoms with Gasteiger partial charge in [0.1, 0.15) is 0 Å². The molecule has 0 spiro atoms. The number of hydrogen-bond acceptors (Lipinski definition) is 6. The van der Waals surface area contributed by atoms with E-state index in [4.69, 9.17) is 4.99 Å². The summed E-state index contributed by atoms with van der Waals surface area (Å²) in [5.74, 6) is 0.535. The van der Waals surface area contributed by atoms with Crippen molar-refractivity contribution in [3.63, 3.8) is 0 Å². The largest absolute Gasteiger partial charge is 0.340 e. The molecule has 3 aliphatic heterocycles. The molecule has 1 N–H and O–H groups in total. The fraction of sp³-hybridized carbons (Fsp3) is 0.444. The highest BCUT2D eigenvalue weighted by atomic mass is 16.2. The van der Waals surface area contributed by atoms with Crippen LogP contribution in [-0.2, 0) is 17.9 Å². The lowest BCUT2D eigenvalue weighted by Crippen LogP contribution is -2.64. The second kappa shape index (κ2) is 9.34. The fourth-order valence-electron chi connectivity index (χ4n) is 5.16. The van der Waals surface area contributed by atoms with Gasteiger partial charge in [0.2, 0.25) is 0 Å². The van der Waals surface area contributed by atoms with Gasteiger partial charge in [0, 0.05) is 46.3 Å². The number of fused-ring (bicyclic) bond motifs is 1. The molecule has 2 fully saturated rings. The number of carbonyl (C=O) groups is 2. The minimum Gasteiger partial charge on any atom is -0.340 e. The topological polar surface area (TPSA) is 71.5 Å². The predicted molar refractivity (Wildman–Crippen MR) is 136 cm³/mol. The maximum atomic E-state index is 13.0. The number of nitrogens with zero attached hydrogens (tertiary/aromatic N) is 5. The quantitative estimate of drug-likeness (QED) is 0.737. The molecule has 2 atom stereocenters. The standard InChI is InChI=1S/C27H34N6O2/c1-18-6-9-21(10-7-18)16-31-11-13-32(14-12-31)26-28-24-23(25(34)29-27(35)30(24)4)33(26)17-22-15-19(2)5-8-20(22)3/h5-10,15,23-24H,11-14,16-17H2,1-4H3,(H,29,34,35). The first-order valence-corrected chi connectivity index (χ1v) is 12.3. The van der Waals surface area contributed by atoms with Crippen LogP contribution in [0.5, 0.6) is 0 Å². The number of aliphatic imine (C=N–C) groups is 1. The van der Waals surface area contributed by atoms with E-state index >= 15 is 0 Å². The zero-order valence-corrected chi connectivity index (χ0v) is 21.0. The van der Waals surface area contributed by atoms with Crippen LogP contribution in [0.3, 0.4) is 0 Å². The highest BCUT2D eigenvalue weighted by Gasteiger charge is 2.49. The van der Waals surface area contributed by atoms with Gasteiger partial charge in [-0.05, 0) is 37.5 Å². The SMILES string of the molecule is Cc1ccc(CN2CCN(C3=NC4C(C(=O)NC(=O)N4C)N3Cc3cc(C)ccc3C)CC2)cc1. The molecule has 3 aliphatic rings. The predicted octanol–water partition coefficient (Wildman–Crippen LogP) is 2.48. The number of aryl methyl sites for hydroxylation is 3. The zero-order valence-electron chi connectivity index (χ0n) is 21.0. The van der Waals surface area contributed by atoms with Crippen LogP contribution in [0.1, 0.15) is 27.8 Å². The van der Waals surface area contributed by atoms with Gasteiger partial charge in [-0.2, -0.15) is 0 Å². The van der Waals surface area contributed by atoms with Crippen molar-refractivity contribution in [2.75, 3.05) is 33.2 Å². The molecule has 2 unspecified atom stereocenters. The highest BCUT2D eigenvalue weighted by Crippen LogP contribution is 2.28. The summed E-state index contributed by atoms with van der Waals surface area (Å²) in [7, 11) is 1.71. The van der Waals surface area contributed by atoms with Gasteiger partial charge >= 0.3 is 6.03 Å². The van der Waals surface area contributed by atoms with Gasteiger partial charge in [-0.1, -0.05) is 53.6 Å². The molecular weight excluding hydrogens is 440 g/mol. The number of urea groups is 1. The van der Waals surface area contributed by atoms with Crippen LogP contribution < -0.4 is 5.32 Å². The van der Waals surface area contributed by atoms with E-state index in [1.807, 2.05) is 0 Å². The molecular formula is C27H34N6O2. The van der Waals surface area contributed by atoms with Crippen molar-refractivity contribution in [2.45, 2.75) is 46.1 Å². The average Bonchev–Trinajstić information content (AvgIpc) is 3.22. The van der Waals surface area contributed by atoms with E-state index in [0.717, 1.165) is 38.7 Å². The Balaban J connectivity index is 1.36. The van der Waals surface area contributed by atoms with Gasteiger partial charge in [0.25, 0.3) is 5.91 Å². The normalized spacial score (nSPS) is 22.9. The molecule has 3 amide bonds. The zero-order chi connectivity index (χ0) is 24.7. The van der Waals surface area contributed by atoms with E-state index < -0.39 is 18.2 Å². The number of benzene rings is 2. The summed E-state index contributed by atoms with van der Waals surface area (Å²) >= 11 is 0. The van der Waals surface area contributed by atoms with Crippen LogP contribution in [0.15, 0.2) is 47.5 Å². The molecule has 5 rings (SSSR count). The molecule has 2 saturated heterocycles. The van der Waals surface area contributed by atoms with E-state index in [2.05, 4.69) is 83.3 Å². The summed E-state index contributed by atoms with van der Waals surface area (Å²) < 4.78 is 0. The number of piperazine rings is 1. The number of hydrogen-bond donors (Lipinski definition) is 1. The Morgan fingerprint density at radius 3 is 2.31 bits per heavy atom. The Morgan fingerprint density at radius 1 is 0.914 bits per heavy atom. The first kappa shape index (κ1) is 23.4. The number of carbonyl (C=O) groups excluding carboxylic acids is 2. The molecule has 0 aliphatic carbocycles. The molecule has 2 aromatic rings. The van der Waals surface area contributed by atoms with Crippen molar-refractivity contribution in [2.24, 2.45) is 4.99 Å². The fourth-order valence-corrected chi connectivity index (χ4v) is 5.16. The summed E-state index contributed by atoms with van der Waals surface area (Å²) in [5, 5.41) is 2.51. The van der Waals surface area contributed by atoms with Crippen LogP contribution in [0, 0.1) is 20.8 Å². The third kappa shape index (κ3) is 4.62. The Morgan fingerprint density at radius 2 is 1.60 bits per heavy atom. The molecule has 8 heteroatoms. The molecule has 0 saturated carbocycles. The minimum atomic E-state index is -0.529. The van der Waals surface area contributed by atoms with Crippen molar-refractivity contribution < 1.29 is 9.59 Å². The molecule has 0 bridgehead atoms. The van der Waals surface area contributed by atoms with Gasteiger partial charge in [-0.3, -0.25) is 15.0 Å². The number of likely N-dealkylation sites (N-methyl/N-ethyl adjacent to an activating group) is 1. The highest BCUT2D eigenvalue weighted by molar-refractivity contribution is 6.03. The van der Waals surface area contributed by atoms with Crippen LogP contribution in [0.4, 0.5) is 4.79 Å². The Kier molecular flexibility index (Phi) is 6.23. The first-order chi connectivity index (χ1) is 16.8. The molecule has 3 heterocycles. The van der Waals surface area contributed by atoms with E-state index in [9.17, 15) is 9.59 Å². The van der Waals surface area contributed by atoms with Crippen LogP contribution in [0.25, 0.3) is 0 Å². The second-order valence-electron chi connectivity index (χ2n) is 10.00. The molecule has 184 valence electrons. The molecule has 2 aromatic carbocycles. The van der Waals surface area contributed by atoms with E-state index in [-0.39, 0.29) is 5.91 Å². The summed E-state index contributed by atoms with van der Waals surface area (Å²) in [4.78, 5) is 38.6. The number of imide groups is 1. The van der Waals surface area contributed by atoms with Crippen molar-refractivity contribution >= 4 is 17.9 Å². The number of amides is 3. The Labute approximate surface area is 207 Å². The van der Waals surface area contributed by atoms with Gasteiger partial charge in [0.05, 0.1) is 0 Å². The maximum absolute atomic E-state index is 13.0. The van der Waals surface area contributed by atoms with Crippen molar-refractivity contribution in [3.05, 3.63) is 70.3 Å². The van der Waals surface area contributed by atoms with Gasteiger partial charge in [-0.25, -0.2) is 9.79 Å². The lowest BCUT2D eigenvalue weighted by Gasteiger charge is -2.40. The summed E-state index contributed by atoms with van der Waals surface area (Å²) in [6, 6.07) is 14.2. The molecule has 0 radical (unpaired) electrons. The molecule has 8 nitrogen and oxygen atoms in total. The van der Waals surface area contributed by atoms with Crippen molar-refractivity contribution in [1.29, 1.82) is 0 Å². The second-order valence-corrected chi connectivity index (χ2v) is 10.00. The molecule has 35 heavy (non-hydrogen) atoms. The van der Waals surface area contributed by atoms with Crippen LogP contribution in [0.2, 0.25) is 0 Å². The number of guanidine groups is 1. The Hall–Kier alpha value is -3.39. The lowest BCUT2D eigenvalue weighted by molar-refractivity contribution is -0.127. The minimum absolute atomic E-state index is 0.278. The van der Waals surface area contributed by atoms with Crippen molar-refractivity contribution in [3.8, 4) is 0 Å². The van der Waals surface area contributed by atoms with Crippen molar-refractivity contribution in [1.82, 2.24) is 24.9 Å².